The minimum atomic E-state index is 0.120. The van der Waals surface area contributed by atoms with Crippen molar-refractivity contribution in [1.82, 2.24) is 4.98 Å². The summed E-state index contributed by atoms with van der Waals surface area (Å²) in [5, 5.41) is 7.11. The second kappa shape index (κ2) is 4.60. The molecule has 3 N–H and O–H groups in total. The minimum absolute atomic E-state index is 0.120. The number of pyridine rings is 1. The van der Waals surface area contributed by atoms with E-state index in [4.69, 9.17) is 15.9 Å². The molecule has 0 radical (unpaired) electrons. The van der Waals surface area contributed by atoms with Crippen molar-refractivity contribution in [3.63, 3.8) is 0 Å². The van der Waals surface area contributed by atoms with Crippen molar-refractivity contribution >= 4 is 5.84 Å². The van der Waals surface area contributed by atoms with E-state index in [9.17, 15) is 0 Å². The molecule has 0 atom stereocenters. The molecule has 1 rings (SSSR count). The van der Waals surface area contributed by atoms with Crippen LogP contribution in [0.1, 0.15) is 19.5 Å². The molecule has 0 bridgehead atoms. The van der Waals surface area contributed by atoms with Gasteiger partial charge >= 0.3 is 0 Å². The number of nitrogens with one attached hydrogen (secondary N) is 1. The molecule has 4 nitrogen and oxygen atoms in total. The summed E-state index contributed by atoms with van der Waals surface area (Å²) in [5.74, 6) is 0.863. The molecule has 1 aromatic rings. The number of ether oxygens (including phenoxy) is 1. The minimum Gasteiger partial charge on any atom is -0.489 e. The van der Waals surface area contributed by atoms with Crippen LogP contribution in [0.2, 0.25) is 0 Å². The van der Waals surface area contributed by atoms with Crippen molar-refractivity contribution in [2.75, 3.05) is 0 Å². The summed E-state index contributed by atoms with van der Waals surface area (Å²) in [5.41, 5.74) is 6.04. The predicted octanol–water partition coefficient (Wildman–Crippen LogP) is 1.35. The number of nitrogens with zero attached hydrogens (tertiary/aromatic N) is 1. The number of aromatic nitrogens is 1. The van der Waals surface area contributed by atoms with Gasteiger partial charge in [-0.3, -0.25) is 10.4 Å². The number of hydrogen-bond donors (Lipinski definition) is 2. The Morgan fingerprint density at radius 3 is 2.71 bits per heavy atom. The Bertz CT molecular complexity index is 306. The van der Waals surface area contributed by atoms with Crippen molar-refractivity contribution in [2.45, 2.75) is 26.4 Å². The molecule has 0 aliphatic carbocycles. The molecular formula is C10H15N3O. The summed E-state index contributed by atoms with van der Waals surface area (Å²) in [4.78, 5) is 4.13. The summed E-state index contributed by atoms with van der Waals surface area (Å²) in [7, 11) is 0. The number of hydrogen-bond acceptors (Lipinski definition) is 3. The van der Waals surface area contributed by atoms with E-state index in [1.807, 2.05) is 26.0 Å². The standard InChI is InChI=1S/C10H15N3O/c1-7(2)14-9-4-3-8(13-6-9)5-10(11)12/h3-4,6-7H,5H2,1-2H3,(H3,11,12). The quantitative estimate of drug-likeness (QED) is 0.560. The summed E-state index contributed by atoms with van der Waals surface area (Å²) in [6.45, 7) is 3.92. The predicted molar refractivity (Wildman–Crippen MR) is 55.6 cm³/mol. The van der Waals surface area contributed by atoms with E-state index in [0.29, 0.717) is 6.42 Å². The maximum absolute atomic E-state index is 7.11. The van der Waals surface area contributed by atoms with Crippen LogP contribution in [-0.2, 0) is 6.42 Å². The molecule has 0 fully saturated rings. The highest BCUT2D eigenvalue weighted by Gasteiger charge is 2.00. The average Bonchev–Trinajstić information content (AvgIpc) is 2.06. The van der Waals surface area contributed by atoms with Crippen LogP contribution in [-0.4, -0.2) is 16.9 Å². The SMILES string of the molecule is CC(C)Oc1ccc(CC(=N)N)nc1. The molecule has 0 aromatic carbocycles. The highest BCUT2D eigenvalue weighted by molar-refractivity contribution is 5.78. The smallest absolute Gasteiger partial charge is 0.137 e. The summed E-state index contributed by atoms with van der Waals surface area (Å²) >= 11 is 0. The van der Waals surface area contributed by atoms with Crippen LogP contribution < -0.4 is 10.5 Å². The van der Waals surface area contributed by atoms with Gasteiger partial charge in [-0.2, -0.15) is 0 Å². The zero-order valence-electron chi connectivity index (χ0n) is 8.45. The van der Waals surface area contributed by atoms with Crippen LogP contribution >= 0.6 is 0 Å². The summed E-state index contributed by atoms with van der Waals surface area (Å²) in [6.07, 6.45) is 2.19. The van der Waals surface area contributed by atoms with Gasteiger partial charge in [0.05, 0.1) is 18.1 Å². The van der Waals surface area contributed by atoms with Crippen LogP contribution in [0.25, 0.3) is 0 Å². The van der Waals surface area contributed by atoms with Gasteiger partial charge in [0.15, 0.2) is 0 Å². The third kappa shape index (κ3) is 3.43. The molecule has 0 saturated heterocycles. The first-order valence-electron chi connectivity index (χ1n) is 4.52. The van der Waals surface area contributed by atoms with Gasteiger partial charge < -0.3 is 10.5 Å². The first-order valence-corrected chi connectivity index (χ1v) is 4.52. The Morgan fingerprint density at radius 2 is 2.29 bits per heavy atom. The maximum Gasteiger partial charge on any atom is 0.137 e. The van der Waals surface area contributed by atoms with Gasteiger partial charge in [0.2, 0.25) is 0 Å². The fourth-order valence-electron chi connectivity index (χ4n) is 1.05. The average molecular weight is 193 g/mol. The van der Waals surface area contributed by atoms with E-state index in [2.05, 4.69) is 4.98 Å². The fraction of sp³-hybridized carbons (Fsp3) is 0.400. The molecule has 1 aromatic heterocycles. The highest BCUT2D eigenvalue weighted by Crippen LogP contribution is 2.11. The van der Waals surface area contributed by atoms with Gasteiger partial charge in [-0.25, -0.2) is 0 Å². The number of amidine groups is 1. The van der Waals surface area contributed by atoms with E-state index >= 15 is 0 Å². The van der Waals surface area contributed by atoms with Crippen molar-refractivity contribution in [3.8, 4) is 5.75 Å². The highest BCUT2D eigenvalue weighted by atomic mass is 16.5. The Morgan fingerprint density at radius 1 is 1.57 bits per heavy atom. The lowest BCUT2D eigenvalue weighted by Gasteiger charge is -2.09. The molecule has 0 aliphatic heterocycles. The molecule has 0 saturated carbocycles. The van der Waals surface area contributed by atoms with Crippen molar-refractivity contribution in [1.29, 1.82) is 5.41 Å². The third-order valence-electron chi connectivity index (χ3n) is 1.54. The van der Waals surface area contributed by atoms with Crippen molar-refractivity contribution in [2.24, 2.45) is 5.73 Å². The summed E-state index contributed by atoms with van der Waals surface area (Å²) < 4.78 is 5.43. The van der Waals surface area contributed by atoms with E-state index < -0.39 is 0 Å². The van der Waals surface area contributed by atoms with Crippen LogP contribution in [0.3, 0.4) is 0 Å². The number of nitrogens with two attached hydrogens (primary N) is 1. The normalized spacial score (nSPS) is 10.2. The Balaban J connectivity index is 2.63. The topological polar surface area (TPSA) is 72.0 Å². The number of rotatable bonds is 4. The lowest BCUT2D eigenvalue weighted by Crippen LogP contribution is -2.13. The van der Waals surface area contributed by atoms with Crippen molar-refractivity contribution in [3.05, 3.63) is 24.0 Å². The molecule has 76 valence electrons. The zero-order valence-corrected chi connectivity index (χ0v) is 8.45. The lowest BCUT2D eigenvalue weighted by molar-refractivity contribution is 0.241. The van der Waals surface area contributed by atoms with E-state index in [0.717, 1.165) is 11.4 Å². The molecule has 0 amide bonds. The third-order valence-corrected chi connectivity index (χ3v) is 1.54. The van der Waals surface area contributed by atoms with Crippen molar-refractivity contribution < 1.29 is 4.74 Å². The molecule has 4 heteroatoms. The monoisotopic (exact) mass is 193 g/mol. The first-order chi connectivity index (χ1) is 6.58. The van der Waals surface area contributed by atoms with Gasteiger partial charge in [-0.15, -0.1) is 0 Å². The Hall–Kier alpha value is -1.58. The first kappa shape index (κ1) is 10.5. The Labute approximate surface area is 83.6 Å². The van der Waals surface area contributed by atoms with Crippen LogP contribution in [0.5, 0.6) is 5.75 Å². The molecular weight excluding hydrogens is 178 g/mol. The molecule has 14 heavy (non-hydrogen) atoms. The Kier molecular flexibility index (Phi) is 3.45. The second-order valence-electron chi connectivity index (χ2n) is 3.35. The summed E-state index contributed by atoms with van der Waals surface area (Å²) in [6, 6.07) is 3.66. The van der Waals surface area contributed by atoms with Gasteiger partial charge in [0.1, 0.15) is 5.75 Å². The lowest BCUT2D eigenvalue weighted by atomic mass is 10.2. The maximum atomic E-state index is 7.11. The van der Waals surface area contributed by atoms with Crippen LogP contribution in [0, 0.1) is 5.41 Å². The van der Waals surface area contributed by atoms with E-state index in [1.54, 1.807) is 6.20 Å². The zero-order chi connectivity index (χ0) is 10.6. The van der Waals surface area contributed by atoms with Gasteiger partial charge in [-0.05, 0) is 26.0 Å². The fourth-order valence-corrected chi connectivity index (χ4v) is 1.05. The molecule has 0 spiro atoms. The van der Waals surface area contributed by atoms with Gasteiger partial charge in [-0.1, -0.05) is 0 Å². The molecule has 0 aliphatic rings. The van der Waals surface area contributed by atoms with Crippen LogP contribution in [0.4, 0.5) is 0 Å². The van der Waals surface area contributed by atoms with Crippen LogP contribution in [0.15, 0.2) is 18.3 Å². The van der Waals surface area contributed by atoms with E-state index in [-0.39, 0.29) is 11.9 Å². The second-order valence-corrected chi connectivity index (χ2v) is 3.35. The van der Waals surface area contributed by atoms with Gasteiger partial charge in [0, 0.05) is 12.1 Å². The van der Waals surface area contributed by atoms with Gasteiger partial charge in [0.25, 0.3) is 0 Å². The molecule has 1 heterocycles. The largest absolute Gasteiger partial charge is 0.489 e. The molecule has 0 unspecified atom stereocenters. The van der Waals surface area contributed by atoms with E-state index in [1.165, 1.54) is 0 Å².